The Kier molecular flexibility index (Phi) is 12.9. The van der Waals surface area contributed by atoms with Crippen LogP contribution < -0.4 is 4.74 Å². The average Bonchev–Trinajstić information content (AvgIpc) is 2.97. The highest BCUT2D eigenvalue weighted by Crippen LogP contribution is 2.25. The quantitative estimate of drug-likeness (QED) is 0.306. The van der Waals surface area contributed by atoms with E-state index >= 15 is 0 Å². The first-order valence-electron chi connectivity index (χ1n) is 14.1. The molecule has 2 aromatic carbocycles. The summed E-state index contributed by atoms with van der Waals surface area (Å²) in [7, 11) is 0. The van der Waals surface area contributed by atoms with E-state index in [2.05, 4.69) is 16.6 Å². The number of carboxylic acids is 2. The van der Waals surface area contributed by atoms with E-state index < -0.39 is 18.3 Å². The van der Waals surface area contributed by atoms with Gasteiger partial charge >= 0.3 is 18.3 Å². The van der Waals surface area contributed by atoms with E-state index in [4.69, 9.17) is 29.3 Å². The molecule has 0 saturated carbocycles. The van der Waals surface area contributed by atoms with Crippen LogP contribution in [0.15, 0.2) is 48.5 Å². The van der Waals surface area contributed by atoms with Gasteiger partial charge in [0.05, 0.1) is 19.1 Å². The van der Waals surface area contributed by atoms with Crippen molar-refractivity contribution in [2.75, 3.05) is 26.2 Å². The van der Waals surface area contributed by atoms with Gasteiger partial charge in [-0.1, -0.05) is 24.3 Å². The van der Waals surface area contributed by atoms with Crippen LogP contribution in [0.3, 0.4) is 0 Å². The van der Waals surface area contributed by atoms with Gasteiger partial charge in [-0.3, -0.25) is 4.79 Å². The van der Waals surface area contributed by atoms with E-state index in [1.54, 1.807) is 12.1 Å². The Morgan fingerprint density at radius 1 is 0.955 bits per heavy atom. The summed E-state index contributed by atoms with van der Waals surface area (Å²) < 4.78 is 66.3. The Bertz CT molecular complexity index is 1210. The van der Waals surface area contributed by atoms with Crippen LogP contribution in [0, 0.1) is 5.82 Å². The third-order valence-electron chi connectivity index (χ3n) is 7.17. The van der Waals surface area contributed by atoms with Gasteiger partial charge in [-0.15, -0.1) is 13.2 Å². The number of hydrogen-bond acceptors (Lipinski definition) is 7. The molecular formula is C30H36F4N2O8. The van der Waals surface area contributed by atoms with Crippen LogP contribution in [0.1, 0.15) is 43.7 Å². The zero-order valence-corrected chi connectivity index (χ0v) is 24.2. The van der Waals surface area contributed by atoms with Crippen molar-refractivity contribution >= 4 is 17.8 Å². The topological polar surface area (TPSA) is 126 Å². The number of carbonyl (C=O) groups is 3. The number of aliphatic carboxylic acids is 2. The summed E-state index contributed by atoms with van der Waals surface area (Å²) in [5.41, 5.74) is 1.41. The summed E-state index contributed by atoms with van der Waals surface area (Å²) in [6.07, 6.45) is -1.43. The summed E-state index contributed by atoms with van der Waals surface area (Å²) in [6, 6.07) is 11.4. The Morgan fingerprint density at radius 3 is 2.09 bits per heavy atom. The number of hydrogen-bond donors (Lipinski definition) is 2. The molecule has 0 spiro atoms. The van der Waals surface area contributed by atoms with Crippen LogP contribution in [0.5, 0.6) is 5.75 Å². The van der Waals surface area contributed by atoms with Crippen molar-refractivity contribution in [3.05, 3.63) is 65.5 Å². The summed E-state index contributed by atoms with van der Waals surface area (Å²) in [5.74, 6) is -4.45. The number of halogens is 4. The Labute approximate surface area is 252 Å². The van der Waals surface area contributed by atoms with Gasteiger partial charge < -0.3 is 34.2 Å². The molecular weight excluding hydrogens is 592 g/mol. The van der Waals surface area contributed by atoms with Crippen molar-refractivity contribution in [1.29, 1.82) is 0 Å². The standard InChI is InChI=1S/C28H34F4N2O4.C2H2O4/c1-20-13-17-36-27(37-20)12-16-33-14-10-24(11-15-33)34(19-22-2-6-23(29)7-3-22)26(35)18-21-4-8-25(9-5-21)38-28(30,31)32;3-1(4)2(5)6/h2-9,20,24,27H,10-19H2,1H3;(H,3,4)(H,5,6)/t20?,27-;/m1./s1. The van der Waals surface area contributed by atoms with Gasteiger partial charge in [0, 0.05) is 38.6 Å². The number of nitrogens with zero attached hydrogens (tertiary/aromatic N) is 2. The molecule has 242 valence electrons. The minimum Gasteiger partial charge on any atom is -0.473 e. The predicted octanol–water partition coefficient (Wildman–Crippen LogP) is 4.46. The van der Waals surface area contributed by atoms with Gasteiger partial charge in [-0.25, -0.2) is 14.0 Å². The van der Waals surface area contributed by atoms with Crippen molar-refractivity contribution in [2.45, 2.75) is 70.4 Å². The zero-order valence-electron chi connectivity index (χ0n) is 24.2. The molecule has 2 atom stereocenters. The molecule has 2 saturated heterocycles. The van der Waals surface area contributed by atoms with Gasteiger partial charge in [0.25, 0.3) is 0 Å². The fourth-order valence-electron chi connectivity index (χ4n) is 4.92. The van der Waals surface area contributed by atoms with Crippen LogP contribution in [0.25, 0.3) is 0 Å². The molecule has 2 aliphatic heterocycles. The lowest BCUT2D eigenvalue weighted by Gasteiger charge is -2.39. The molecule has 4 rings (SSSR count). The minimum absolute atomic E-state index is 0.00107. The van der Waals surface area contributed by atoms with Gasteiger partial charge in [-0.05, 0) is 61.6 Å². The maximum absolute atomic E-state index is 13.4. The smallest absolute Gasteiger partial charge is 0.473 e. The van der Waals surface area contributed by atoms with Crippen molar-refractivity contribution < 1.29 is 56.4 Å². The summed E-state index contributed by atoms with van der Waals surface area (Å²) in [5, 5.41) is 14.8. The fourth-order valence-corrected chi connectivity index (χ4v) is 4.92. The molecule has 0 bridgehead atoms. The maximum Gasteiger partial charge on any atom is 0.573 e. The van der Waals surface area contributed by atoms with Crippen LogP contribution in [0.4, 0.5) is 17.6 Å². The molecule has 0 aliphatic carbocycles. The monoisotopic (exact) mass is 628 g/mol. The van der Waals surface area contributed by atoms with Gasteiger partial charge in [-0.2, -0.15) is 0 Å². The second-order valence-electron chi connectivity index (χ2n) is 10.5. The predicted molar refractivity (Wildman–Crippen MR) is 148 cm³/mol. The molecule has 1 amide bonds. The normalized spacial score (nSPS) is 19.4. The van der Waals surface area contributed by atoms with Crippen LogP contribution >= 0.6 is 0 Å². The van der Waals surface area contributed by atoms with E-state index in [-0.39, 0.29) is 42.3 Å². The van der Waals surface area contributed by atoms with Crippen molar-refractivity contribution in [2.24, 2.45) is 0 Å². The second-order valence-corrected chi connectivity index (χ2v) is 10.5. The second kappa shape index (κ2) is 16.4. The number of benzene rings is 2. The summed E-state index contributed by atoms with van der Waals surface area (Å²) in [4.78, 5) is 35.8. The molecule has 0 radical (unpaired) electrons. The van der Waals surface area contributed by atoms with Crippen molar-refractivity contribution in [1.82, 2.24) is 9.80 Å². The Balaban J connectivity index is 0.000000801. The molecule has 2 aliphatic rings. The Hall–Kier alpha value is -3.75. The van der Waals surface area contributed by atoms with E-state index in [0.717, 1.165) is 50.9 Å². The van der Waals surface area contributed by atoms with Gasteiger partial charge in [0.15, 0.2) is 6.29 Å². The van der Waals surface area contributed by atoms with E-state index in [1.165, 1.54) is 36.4 Å². The van der Waals surface area contributed by atoms with Gasteiger partial charge in [0.2, 0.25) is 5.91 Å². The highest BCUT2D eigenvalue weighted by Gasteiger charge is 2.31. The molecule has 2 N–H and O–H groups in total. The number of carboxylic acid groups (broad SMARTS) is 2. The van der Waals surface area contributed by atoms with Crippen LogP contribution in [0.2, 0.25) is 0 Å². The molecule has 14 heteroatoms. The first-order chi connectivity index (χ1) is 20.8. The number of piperidine rings is 1. The third-order valence-corrected chi connectivity index (χ3v) is 7.17. The highest BCUT2D eigenvalue weighted by molar-refractivity contribution is 6.27. The lowest BCUT2D eigenvalue weighted by Crippen LogP contribution is -2.48. The minimum atomic E-state index is -4.77. The highest BCUT2D eigenvalue weighted by atomic mass is 19.4. The van der Waals surface area contributed by atoms with E-state index in [9.17, 15) is 22.4 Å². The average molecular weight is 629 g/mol. The number of alkyl halides is 3. The number of amides is 1. The largest absolute Gasteiger partial charge is 0.573 e. The maximum atomic E-state index is 13.4. The fraction of sp³-hybridized carbons (Fsp3) is 0.500. The first-order valence-corrected chi connectivity index (χ1v) is 14.1. The molecule has 0 aromatic heterocycles. The Morgan fingerprint density at radius 2 is 1.55 bits per heavy atom. The summed E-state index contributed by atoms with van der Waals surface area (Å²) in [6.45, 7) is 5.60. The summed E-state index contributed by atoms with van der Waals surface area (Å²) >= 11 is 0. The van der Waals surface area contributed by atoms with Crippen molar-refractivity contribution in [3.8, 4) is 5.75 Å². The number of ether oxygens (including phenoxy) is 3. The third kappa shape index (κ3) is 12.1. The number of rotatable bonds is 9. The first kappa shape index (κ1) is 34.7. The molecule has 2 heterocycles. The van der Waals surface area contributed by atoms with Crippen molar-refractivity contribution in [3.63, 3.8) is 0 Å². The molecule has 44 heavy (non-hydrogen) atoms. The zero-order chi connectivity index (χ0) is 32.3. The SMILES string of the molecule is CC1CCO[C@@H](CCN2CCC(N(Cc3ccc(F)cc3)C(=O)Cc3ccc(OC(F)(F)F)cc3)CC2)O1.O=C(O)C(=O)O. The molecule has 10 nitrogen and oxygen atoms in total. The van der Waals surface area contributed by atoms with Crippen LogP contribution in [-0.4, -0.2) is 88.9 Å². The lowest BCUT2D eigenvalue weighted by atomic mass is 10.0. The van der Waals surface area contributed by atoms with E-state index in [1.807, 2.05) is 4.90 Å². The molecule has 2 aromatic rings. The van der Waals surface area contributed by atoms with Gasteiger partial charge in [0.1, 0.15) is 11.6 Å². The number of carbonyl (C=O) groups excluding carboxylic acids is 1. The molecule has 1 unspecified atom stereocenters. The molecule has 2 fully saturated rings. The van der Waals surface area contributed by atoms with E-state index in [0.29, 0.717) is 18.7 Å². The number of likely N-dealkylation sites (tertiary alicyclic amines) is 1. The van der Waals surface area contributed by atoms with Crippen LogP contribution in [-0.2, 0) is 36.8 Å². The lowest BCUT2D eigenvalue weighted by molar-refractivity contribution is -0.274.